The number of carbonyl (C=O) groups is 1. The molecule has 4 nitrogen and oxygen atoms in total. The number of hydrogen-bond acceptors (Lipinski definition) is 2. The SMILES string of the molecule is Cc1cccc(NC([NH3+])=O)c1CN1CCCC(CC2=CC(Cl)CC=C2)C1. The lowest BCUT2D eigenvalue weighted by Crippen LogP contribution is -2.59. The van der Waals surface area contributed by atoms with Gasteiger partial charge in [-0.3, -0.25) is 16.0 Å². The molecule has 1 aliphatic heterocycles. The van der Waals surface area contributed by atoms with Crippen LogP contribution in [0.25, 0.3) is 0 Å². The predicted molar refractivity (Wildman–Crippen MR) is 107 cm³/mol. The lowest BCUT2D eigenvalue weighted by atomic mass is 9.89. The second-order valence-corrected chi connectivity index (χ2v) is 8.05. The van der Waals surface area contributed by atoms with E-state index in [2.05, 4.69) is 47.2 Å². The van der Waals surface area contributed by atoms with Crippen molar-refractivity contribution in [3.05, 3.63) is 53.1 Å². The summed E-state index contributed by atoms with van der Waals surface area (Å²) in [7, 11) is 0. The molecule has 0 aromatic heterocycles. The molecule has 3 rings (SSSR count). The number of aryl methyl sites for hydroxylation is 1. The summed E-state index contributed by atoms with van der Waals surface area (Å²) in [5.41, 5.74) is 8.12. The van der Waals surface area contributed by atoms with Crippen LogP contribution in [0.2, 0.25) is 0 Å². The Balaban J connectivity index is 1.65. The minimum Gasteiger partial charge on any atom is -0.299 e. The van der Waals surface area contributed by atoms with Crippen molar-refractivity contribution in [2.45, 2.75) is 44.5 Å². The number of benzene rings is 1. The van der Waals surface area contributed by atoms with Gasteiger partial charge in [0.1, 0.15) is 0 Å². The molecule has 1 aliphatic carbocycles. The molecule has 2 aliphatic rings. The molecule has 0 saturated carbocycles. The van der Waals surface area contributed by atoms with Gasteiger partial charge in [0.2, 0.25) is 0 Å². The van der Waals surface area contributed by atoms with Crippen LogP contribution in [0.15, 0.2) is 42.0 Å². The highest BCUT2D eigenvalue weighted by Gasteiger charge is 2.22. The van der Waals surface area contributed by atoms with E-state index in [1.165, 1.54) is 29.5 Å². The fourth-order valence-electron chi connectivity index (χ4n) is 4.04. The predicted octanol–water partition coefficient (Wildman–Crippen LogP) is 3.86. The van der Waals surface area contributed by atoms with Crippen molar-refractivity contribution in [2.24, 2.45) is 5.92 Å². The number of alkyl halides is 1. The van der Waals surface area contributed by atoms with E-state index >= 15 is 0 Å². The number of urea groups is 1. The fraction of sp³-hybridized carbons (Fsp3) is 0.476. The molecule has 1 saturated heterocycles. The third-order valence-corrected chi connectivity index (χ3v) is 5.59. The molecule has 5 heteroatoms. The van der Waals surface area contributed by atoms with Gasteiger partial charge in [-0.2, -0.15) is 0 Å². The van der Waals surface area contributed by atoms with Crippen molar-refractivity contribution in [1.29, 1.82) is 0 Å². The average Bonchev–Trinajstić information content (AvgIpc) is 2.58. The van der Waals surface area contributed by atoms with Crippen LogP contribution in [-0.2, 0) is 6.54 Å². The molecule has 0 bridgehead atoms. The Morgan fingerprint density at radius 2 is 2.27 bits per heavy atom. The Bertz CT molecular complexity index is 713. The van der Waals surface area contributed by atoms with Crippen molar-refractivity contribution < 1.29 is 10.5 Å². The number of allylic oxidation sites excluding steroid dienone is 4. The third kappa shape index (κ3) is 5.19. The fourth-order valence-corrected chi connectivity index (χ4v) is 4.30. The summed E-state index contributed by atoms with van der Waals surface area (Å²) in [6.45, 7) is 5.17. The number of nitrogens with one attached hydrogen (secondary N) is 1. The van der Waals surface area contributed by atoms with Crippen LogP contribution < -0.4 is 11.1 Å². The van der Waals surface area contributed by atoms with E-state index in [4.69, 9.17) is 11.6 Å². The van der Waals surface area contributed by atoms with Gasteiger partial charge in [-0.15, -0.1) is 11.6 Å². The van der Waals surface area contributed by atoms with E-state index in [-0.39, 0.29) is 11.4 Å². The summed E-state index contributed by atoms with van der Waals surface area (Å²) in [5, 5.41) is 3.02. The van der Waals surface area contributed by atoms with Crippen LogP contribution in [0.5, 0.6) is 0 Å². The molecule has 1 aromatic carbocycles. The van der Waals surface area contributed by atoms with Gasteiger partial charge in [-0.25, -0.2) is 4.79 Å². The average molecular weight is 375 g/mol. The molecule has 1 fully saturated rings. The summed E-state index contributed by atoms with van der Waals surface area (Å²) < 4.78 is 0. The first-order chi connectivity index (χ1) is 12.5. The highest BCUT2D eigenvalue weighted by Crippen LogP contribution is 2.29. The molecule has 140 valence electrons. The second kappa shape index (κ2) is 8.85. The van der Waals surface area contributed by atoms with Crippen LogP contribution in [0.4, 0.5) is 10.5 Å². The monoisotopic (exact) mass is 374 g/mol. The topological polar surface area (TPSA) is 60.0 Å². The van der Waals surface area contributed by atoms with Crippen molar-refractivity contribution in [3.8, 4) is 0 Å². The summed E-state index contributed by atoms with van der Waals surface area (Å²) in [5.74, 6) is 0.663. The molecule has 0 radical (unpaired) electrons. The maximum Gasteiger partial charge on any atom is 0.416 e. The number of halogens is 1. The first kappa shape index (κ1) is 19.2. The Morgan fingerprint density at radius 3 is 3.04 bits per heavy atom. The van der Waals surface area contributed by atoms with Crippen LogP contribution in [0.3, 0.4) is 0 Å². The Hall–Kier alpha value is -1.62. The largest absolute Gasteiger partial charge is 0.416 e. The van der Waals surface area contributed by atoms with Crippen molar-refractivity contribution in [3.63, 3.8) is 0 Å². The quantitative estimate of drug-likeness (QED) is 0.768. The number of nitrogens with zero attached hydrogens (tertiary/aromatic N) is 1. The van der Waals surface area contributed by atoms with Gasteiger partial charge in [0, 0.05) is 13.1 Å². The normalized spacial score (nSPS) is 23.6. The zero-order valence-corrected chi connectivity index (χ0v) is 16.3. The van der Waals surface area contributed by atoms with Gasteiger partial charge in [-0.1, -0.05) is 35.9 Å². The van der Waals surface area contributed by atoms with E-state index in [1.807, 2.05) is 12.1 Å². The summed E-state index contributed by atoms with van der Waals surface area (Å²) in [6.07, 6.45) is 11.2. The van der Waals surface area contributed by atoms with Gasteiger partial charge >= 0.3 is 6.03 Å². The van der Waals surface area contributed by atoms with Crippen LogP contribution >= 0.6 is 11.6 Å². The number of carbonyl (C=O) groups excluding carboxylic acids is 1. The number of anilines is 1. The van der Waals surface area contributed by atoms with Gasteiger partial charge in [0.15, 0.2) is 0 Å². The molecule has 4 N–H and O–H groups in total. The number of hydrogen-bond donors (Lipinski definition) is 2. The first-order valence-corrected chi connectivity index (χ1v) is 9.90. The van der Waals surface area contributed by atoms with Gasteiger partial charge in [0.25, 0.3) is 0 Å². The minimum atomic E-state index is -0.264. The van der Waals surface area contributed by atoms with E-state index in [9.17, 15) is 4.79 Å². The second-order valence-electron chi connectivity index (χ2n) is 7.49. The molecule has 1 heterocycles. The zero-order valence-electron chi connectivity index (χ0n) is 15.5. The maximum atomic E-state index is 11.4. The van der Waals surface area contributed by atoms with E-state index < -0.39 is 0 Å². The summed E-state index contributed by atoms with van der Waals surface area (Å²) >= 11 is 6.26. The van der Waals surface area contributed by atoms with Crippen molar-refractivity contribution in [2.75, 3.05) is 18.4 Å². The number of quaternary nitrogens is 1. The lowest BCUT2D eigenvalue weighted by molar-refractivity contribution is -0.242. The van der Waals surface area contributed by atoms with Crippen molar-refractivity contribution >= 4 is 23.3 Å². The molecule has 1 aromatic rings. The highest BCUT2D eigenvalue weighted by atomic mass is 35.5. The standard InChI is InChI=1S/C21H28ClN3O/c1-15-5-2-9-20(24-21(23)26)19(15)14-25-10-4-7-17(13-25)11-16-6-3-8-18(22)12-16/h2-3,5-6,9,12,17-18H,4,7-8,10-11,13-14H2,1H3,(H3,23,24,26)/p+1. The molecule has 26 heavy (non-hydrogen) atoms. The van der Waals surface area contributed by atoms with Crippen LogP contribution in [-0.4, -0.2) is 29.4 Å². The van der Waals surface area contributed by atoms with Crippen molar-refractivity contribution in [1.82, 2.24) is 4.90 Å². The third-order valence-electron chi connectivity index (χ3n) is 5.28. The first-order valence-electron chi connectivity index (χ1n) is 9.46. The molecule has 2 atom stereocenters. The van der Waals surface area contributed by atoms with Crippen LogP contribution in [0.1, 0.15) is 36.8 Å². The van der Waals surface area contributed by atoms with Gasteiger partial charge in [-0.05, 0) is 62.3 Å². The van der Waals surface area contributed by atoms with Crippen LogP contribution in [0, 0.1) is 12.8 Å². The molecule has 2 amide bonds. The molecular weight excluding hydrogens is 346 g/mol. The highest BCUT2D eigenvalue weighted by molar-refractivity contribution is 6.22. The summed E-state index contributed by atoms with van der Waals surface area (Å²) in [4.78, 5) is 13.9. The minimum absolute atomic E-state index is 0.149. The summed E-state index contributed by atoms with van der Waals surface area (Å²) in [6, 6.07) is 5.78. The molecular formula is C21H29ClN3O+. The smallest absolute Gasteiger partial charge is 0.299 e. The number of amides is 2. The van der Waals surface area contributed by atoms with Gasteiger partial charge in [0.05, 0.1) is 11.1 Å². The van der Waals surface area contributed by atoms with Gasteiger partial charge < -0.3 is 0 Å². The zero-order chi connectivity index (χ0) is 18.5. The Morgan fingerprint density at radius 1 is 1.42 bits per heavy atom. The number of piperidine rings is 1. The maximum absolute atomic E-state index is 11.4. The Kier molecular flexibility index (Phi) is 6.52. The van der Waals surface area contributed by atoms with E-state index in [0.29, 0.717) is 5.92 Å². The number of likely N-dealkylation sites (tertiary alicyclic amines) is 1. The molecule has 2 unspecified atom stereocenters. The molecule has 0 spiro atoms. The Labute approximate surface area is 161 Å². The van der Waals surface area contributed by atoms with E-state index in [1.54, 1.807) is 0 Å². The van der Waals surface area contributed by atoms with E-state index in [0.717, 1.165) is 38.2 Å². The lowest BCUT2D eigenvalue weighted by Gasteiger charge is -2.34. The number of rotatable bonds is 5.